The van der Waals surface area contributed by atoms with Gasteiger partial charge in [-0.2, -0.15) is 11.8 Å². The maximum Gasteiger partial charge on any atom is 0.119 e. The molecule has 1 N–H and O–H groups in total. The minimum Gasteiger partial charge on any atom is -0.493 e. The zero-order chi connectivity index (χ0) is 11.2. The molecule has 0 heterocycles. The van der Waals surface area contributed by atoms with Crippen molar-refractivity contribution in [3.63, 3.8) is 0 Å². The highest BCUT2D eigenvalue weighted by atomic mass is 32.2. The Morgan fingerprint density at radius 3 is 2.69 bits per heavy atom. The standard InChI is InChI=1S/C13H19NOS/c1-16-9-8-15-13-6-2-11(3-7-13)10-14-12-4-5-12/h2-3,6-7,12,14H,4-5,8-10H2,1H3. The fourth-order valence-corrected chi connectivity index (χ4v) is 1.75. The number of hydrogen-bond donors (Lipinski definition) is 1. The highest BCUT2D eigenvalue weighted by Gasteiger charge is 2.19. The summed E-state index contributed by atoms with van der Waals surface area (Å²) in [7, 11) is 0. The summed E-state index contributed by atoms with van der Waals surface area (Å²) in [6, 6.07) is 9.18. The second kappa shape index (κ2) is 6.16. The third kappa shape index (κ3) is 4.06. The quantitative estimate of drug-likeness (QED) is 0.737. The van der Waals surface area contributed by atoms with Crippen molar-refractivity contribution < 1.29 is 4.74 Å². The fourth-order valence-electron chi connectivity index (χ4n) is 1.50. The monoisotopic (exact) mass is 237 g/mol. The summed E-state index contributed by atoms with van der Waals surface area (Å²) >= 11 is 1.81. The summed E-state index contributed by atoms with van der Waals surface area (Å²) in [5.74, 6) is 2.02. The normalized spacial score (nSPS) is 15.1. The number of nitrogens with one attached hydrogen (secondary N) is 1. The highest BCUT2D eigenvalue weighted by molar-refractivity contribution is 7.98. The van der Waals surface area contributed by atoms with Crippen molar-refractivity contribution in [2.45, 2.75) is 25.4 Å². The van der Waals surface area contributed by atoms with Crippen molar-refractivity contribution in [3.05, 3.63) is 29.8 Å². The summed E-state index contributed by atoms with van der Waals surface area (Å²) in [5.41, 5.74) is 1.34. The van der Waals surface area contributed by atoms with Crippen LogP contribution >= 0.6 is 11.8 Å². The van der Waals surface area contributed by atoms with E-state index in [4.69, 9.17) is 4.74 Å². The molecule has 1 aliphatic rings. The molecule has 2 rings (SSSR count). The van der Waals surface area contributed by atoms with Crippen molar-refractivity contribution in [1.29, 1.82) is 0 Å². The van der Waals surface area contributed by atoms with E-state index in [0.29, 0.717) is 0 Å². The SMILES string of the molecule is CSCCOc1ccc(CNC2CC2)cc1. The van der Waals surface area contributed by atoms with Gasteiger partial charge in [-0.25, -0.2) is 0 Å². The Kier molecular flexibility index (Phi) is 4.55. The van der Waals surface area contributed by atoms with E-state index in [0.717, 1.165) is 30.7 Å². The molecule has 1 saturated carbocycles. The number of hydrogen-bond acceptors (Lipinski definition) is 3. The first-order valence-corrected chi connectivity index (χ1v) is 7.22. The van der Waals surface area contributed by atoms with Crippen LogP contribution in [0, 0.1) is 0 Å². The predicted octanol–water partition coefficient (Wildman–Crippen LogP) is 2.68. The van der Waals surface area contributed by atoms with Crippen LogP contribution in [0.5, 0.6) is 5.75 Å². The van der Waals surface area contributed by atoms with Gasteiger partial charge in [-0.3, -0.25) is 0 Å². The van der Waals surface area contributed by atoms with Gasteiger partial charge in [-0.05, 0) is 36.8 Å². The van der Waals surface area contributed by atoms with E-state index in [9.17, 15) is 0 Å². The number of thioether (sulfide) groups is 1. The van der Waals surface area contributed by atoms with Crippen LogP contribution in [0.4, 0.5) is 0 Å². The molecule has 0 amide bonds. The highest BCUT2D eigenvalue weighted by Crippen LogP contribution is 2.19. The number of benzene rings is 1. The summed E-state index contributed by atoms with van der Waals surface area (Å²) < 4.78 is 5.60. The van der Waals surface area contributed by atoms with Crippen molar-refractivity contribution in [2.75, 3.05) is 18.6 Å². The van der Waals surface area contributed by atoms with Crippen LogP contribution in [0.1, 0.15) is 18.4 Å². The Bertz CT molecular complexity index is 308. The molecule has 2 nitrogen and oxygen atoms in total. The van der Waals surface area contributed by atoms with Crippen LogP contribution in [0.15, 0.2) is 24.3 Å². The smallest absolute Gasteiger partial charge is 0.119 e. The first-order chi connectivity index (χ1) is 7.88. The number of rotatable bonds is 7. The van der Waals surface area contributed by atoms with Gasteiger partial charge in [0.2, 0.25) is 0 Å². The van der Waals surface area contributed by atoms with Gasteiger partial charge < -0.3 is 10.1 Å². The first kappa shape index (κ1) is 11.8. The molecule has 1 fully saturated rings. The molecule has 88 valence electrons. The lowest BCUT2D eigenvalue weighted by Gasteiger charge is -2.07. The van der Waals surface area contributed by atoms with Gasteiger partial charge in [0, 0.05) is 18.3 Å². The molecule has 0 aromatic heterocycles. The van der Waals surface area contributed by atoms with Gasteiger partial charge in [-0.15, -0.1) is 0 Å². The maximum atomic E-state index is 5.60. The number of ether oxygens (including phenoxy) is 1. The average molecular weight is 237 g/mol. The molecule has 0 atom stereocenters. The largest absolute Gasteiger partial charge is 0.493 e. The van der Waals surface area contributed by atoms with Crippen molar-refractivity contribution in [2.24, 2.45) is 0 Å². The van der Waals surface area contributed by atoms with Gasteiger partial charge >= 0.3 is 0 Å². The third-order valence-corrected chi connectivity index (χ3v) is 3.23. The molecule has 0 unspecified atom stereocenters. The molecular formula is C13H19NOS. The second-order valence-corrected chi connectivity index (χ2v) is 5.13. The second-order valence-electron chi connectivity index (χ2n) is 4.14. The van der Waals surface area contributed by atoms with E-state index < -0.39 is 0 Å². The Hall–Kier alpha value is -0.670. The third-order valence-electron chi connectivity index (χ3n) is 2.65. The average Bonchev–Trinajstić information content (AvgIpc) is 3.12. The Labute approximate surface area is 102 Å². The van der Waals surface area contributed by atoms with E-state index in [2.05, 4.69) is 35.8 Å². The molecule has 0 aliphatic heterocycles. The fraction of sp³-hybridized carbons (Fsp3) is 0.538. The van der Waals surface area contributed by atoms with Crippen LogP contribution < -0.4 is 10.1 Å². The minimum atomic E-state index is 0.775. The first-order valence-electron chi connectivity index (χ1n) is 5.82. The minimum absolute atomic E-state index is 0.775. The van der Waals surface area contributed by atoms with Crippen molar-refractivity contribution in [3.8, 4) is 5.75 Å². The summed E-state index contributed by atoms with van der Waals surface area (Å²) in [4.78, 5) is 0. The summed E-state index contributed by atoms with van der Waals surface area (Å²) in [6.45, 7) is 1.77. The summed E-state index contributed by atoms with van der Waals surface area (Å²) in [6.07, 6.45) is 4.78. The van der Waals surface area contributed by atoms with Crippen molar-refractivity contribution >= 4 is 11.8 Å². The lowest BCUT2D eigenvalue weighted by atomic mass is 10.2. The maximum absolute atomic E-state index is 5.60. The van der Waals surface area contributed by atoms with Crippen molar-refractivity contribution in [1.82, 2.24) is 5.32 Å². The molecular weight excluding hydrogens is 218 g/mol. The van der Waals surface area contributed by atoms with E-state index in [1.807, 2.05) is 11.8 Å². The van der Waals surface area contributed by atoms with E-state index in [-0.39, 0.29) is 0 Å². The molecule has 0 bridgehead atoms. The van der Waals surface area contributed by atoms with Crippen LogP contribution in [-0.2, 0) is 6.54 Å². The topological polar surface area (TPSA) is 21.3 Å². The van der Waals surface area contributed by atoms with Crippen LogP contribution in [0.2, 0.25) is 0 Å². The molecule has 0 spiro atoms. The van der Waals surface area contributed by atoms with E-state index in [1.165, 1.54) is 18.4 Å². The summed E-state index contributed by atoms with van der Waals surface area (Å²) in [5, 5.41) is 3.50. The van der Waals surface area contributed by atoms with Gasteiger partial charge in [0.05, 0.1) is 6.61 Å². The van der Waals surface area contributed by atoms with Crippen LogP contribution in [0.3, 0.4) is 0 Å². The molecule has 1 aromatic carbocycles. The molecule has 1 aromatic rings. The molecule has 16 heavy (non-hydrogen) atoms. The van der Waals surface area contributed by atoms with Gasteiger partial charge in [-0.1, -0.05) is 12.1 Å². The van der Waals surface area contributed by atoms with E-state index >= 15 is 0 Å². The zero-order valence-electron chi connectivity index (χ0n) is 9.74. The lowest BCUT2D eigenvalue weighted by molar-refractivity contribution is 0.344. The van der Waals surface area contributed by atoms with Crippen LogP contribution in [-0.4, -0.2) is 24.7 Å². The van der Waals surface area contributed by atoms with Gasteiger partial charge in [0.25, 0.3) is 0 Å². The Morgan fingerprint density at radius 2 is 2.06 bits per heavy atom. The molecule has 1 aliphatic carbocycles. The van der Waals surface area contributed by atoms with Gasteiger partial charge in [0.15, 0.2) is 0 Å². The predicted molar refractivity (Wildman–Crippen MR) is 70.2 cm³/mol. The van der Waals surface area contributed by atoms with Crippen LogP contribution in [0.25, 0.3) is 0 Å². The molecule has 0 radical (unpaired) electrons. The molecule has 0 saturated heterocycles. The van der Waals surface area contributed by atoms with Gasteiger partial charge in [0.1, 0.15) is 5.75 Å². The lowest BCUT2D eigenvalue weighted by Crippen LogP contribution is -2.15. The zero-order valence-corrected chi connectivity index (χ0v) is 10.6. The Morgan fingerprint density at radius 1 is 1.31 bits per heavy atom. The Balaban J connectivity index is 1.74. The van der Waals surface area contributed by atoms with E-state index in [1.54, 1.807) is 0 Å². The molecule has 3 heteroatoms.